The summed E-state index contributed by atoms with van der Waals surface area (Å²) in [6.45, 7) is 3.48. The molecular formula is C28H31Cl2F6N3O4. The van der Waals surface area contributed by atoms with Crippen LogP contribution in [0, 0.1) is 10.8 Å². The van der Waals surface area contributed by atoms with E-state index in [-0.39, 0.29) is 47.9 Å². The highest BCUT2D eigenvalue weighted by Gasteiger charge is 2.67. The molecule has 0 radical (unpaired) electrons. The van der Waals surface area contributed by atoms with Gasteiger partial charge in [0.15, 0.2) is 5.69 Å². The Balaban J connectivity index is 1.62. The molecule has 7 nitrogen and oxygen atoms in total. The second-order valence-electron chi connectivity index (χ2n) is 11.4. The van der Waals surface area contributed by atoms with Crippen molar-refractivity contribution in [3.05, 3.63) is 51.3 Å². The van der Waals surface area contributed by atoms with Crippen LogP contribution < -0.4 is 5.32 Å². The number of aromatic nitrogens is 2. The van der Waals surface area contributed by atoms with Gasteiger partial charge in [-0.2, -0.15) is 31.4 Å². The van der Waals surface area contributed by atoms with Crippen LogP contribution in [0.4, 0.5) is 26.3 Å². The standard InChI is InChI=1S/C28H31Cl2F6N3O4/c1-3-43-24(42)25(2)9-7-15(8-10-25)39-22(27(31,32)33)16(14-37-39)23(41)38-20(26(11-12-26)28(34,35)36)13-19(40)21-17(29)5-4-6-18(21)30/h4-6,14-15,19-20,40H,3,7-13H2,1-2H3,(H,38,41)/t15?,19-,20-,25?/m1/s1. The maximum absolute atomic E-state index is 14.4. The van der Waals surface area contributed by atoms with Crippen LogP contribution >= 0.6 is 23.2 Å². The Bertz CT molecular complexity index is 1330. The van der Waals surface area contributed by atoms with E-state index in [1.807, 2.05) is 0 Å². The van der Waals surface area contributed by atoms with E-state index in [2.05, 4.69) is 10.4 Å². The van der Waals surface area contributed by atoms with Crippen molar-refractivity contribution in [3.63, 3.8) is 0 Å². The molecule has 2 fully saturated rings. The molecule has 2 aliphatic rings. The summed E-state index contributed by atoms with van der Waals surface area (Å²) in [5.41, 5.74) is -5.74. The van der Waals surface area contributed by atoms with E-state index in [9.17, 15) is 41.0 Å². The van der Waals surface area contributed by atoms with Gasteiger partial charge in [0, 0.05) is 21.7 Å². The van der Waals surface area contributed by atoms with Crippen molar-refractivity contribution < 1.29 is 45.8 Å². The van der Waals surface area contributed by atoms with Crippen molar-refractivity contribution in [2.24, 2.45) is 10.8 Å². The average molecular weight is 658 g/mol. The van der Waals surface area contributed by atoms with Gasteiger partial charge in [0.2, 0.25) is 0 Å². The summed E-state index contributed by atoms with van der Waals surface area (Å²) in [5, 5.41) is 16.8. The number of nitrogens with zero attached hydrogens (tertiary/aromatic N) is 2. The molecule has 1 aromatic heterocycles. The average Bonchev–Trinajstić information content (AvgIpc) is 3.60. The summed E-state index contributed by atoms with van der Waals surface area (Å²) in [6, 6.07) is 1.61. The molecule has 0 aliphatic heterocycles. The maximum Gasteiger partial charge on any atom is 0.433 e. The number of rotatable bonds is 9. The molecule has 15 heteroatoms. The molecule has 4 rings (SSSR count). The van der Waals surface area contributed by atoms with Gasteiger partial charge in [0.25, 0.3) is 5.91 Å². The van der Waals surface area contributed by atoms with Crippen molar-refractivity contribution >= 4 is 35.1 Å². The molecule has 0 saturated heterocycles. The zero-order valence-electron chi connectivity index (χ0n) is 23.3. The quantitative estimate of drug-likeness (QED) is 0.216. The van der Waals surface area contributed by atoms with Gasteiger partial charge >= 0.3 is 18.3 Å². The summed E-state index contributed by atoms with van der Waals surface area (Å²) in [7, 11) is 0. The number of halogens is 8. The minimum absolute atomic E-state index is 0.0193. The number of benzene rings is 1. The Morgan fingerprint density at radius 2 is 1.70 bits per heavy atom. The molecule has 2 saturated carbocycles. The van der Waals surface area contributed by atoms with E-state index < -0.39 is 83.8 Å². The lowest BCUT2D eigenvalue weighted by Gasteiger charge is -2.36. The molecule has 1 aromatic carbocycles. The monoisotopic (exact) mass is 657 g/mol. The van der Waals surface area contributed by atoms with Crippen molar-refractivity contribution in [3.8, 4) is 0 Å². The van der Waals surface area contributed by atoms with Crippen LogP contribution in [-0.2, 0) is 15.7 Å². The van der Waals surface area contributed by atoms with E-state index in [0.717, 1.165) is 0 Å². The van der Waals surface area contributed by atoms with Crippen LogP contribution in [0.15, 0.2) is 24.4 Å². The van der Waals surface area contributed by atoms with Crippen LogP contribution in [0.1, 0.15) is 92.6 Å². The summed E-state index contributed by atoms with van der Waals surface area (Å²) >= 11 is 12.2. The topological polar surface area (TPSA) is 93.5 Å². The van der Waals surface area contributed by atoms with E-state index in [1.165, 1.54) is 18.2 Å². The molecule has 2 aromatic rings. The second kappa shape index (κ2) is 12.1. The first kappa shape index (κ1) is 33.4. The van der Waals surface area contributed by atoms with Crippen molar-refractivity contribution in [2.75, 3.05) is 6.61 Å². The van der Waals surface area contributed by atoms with Crippen molar-refractivity contribution in [1.29, 1.82) is 0 Å². The van der Waals surface area contributed by atoms with Crippen LogP contribution in [0.5, 0.6) is 0 Å². The Hall–Kier alpha value is -2.51. The lowest BCUT2D eigenvalue weighted by Crippen LogP contribution is -2.48. The minimum atomic E-state index is -5.08. The van der Waals surface area contributed by atoms with Gasteiger partial charge in [-0.25, -0.2) is 0 Å². The number of aliphatic hydroxyl groups is 1. The number of alkyl halides is 6. The normalized spacial score (nSPS) is 23.4. The number of hydrogen-bond donors (Lipinski definition) is 2. The fourth-order valence-corrected chi connectivity index (χ4v) is 6.52. The molecule has 2 N–H and O–H groups in total. The number of amides is 1. The predicted octanol–water partition coefficient (Wildman–Crippen LogP) is 7.46. The highest BCUT2D eigenvalue weighted by Crippen LogP contribution is 2.61. The Morgan fingerprint density at radius 3 is 2.19 bits per heavy atom. The predicted molar refractivity (Wildman–Crippen MR) is 144 cm³/mol. The van der Waals surface area contributed by atoms with Crippen LogP contribution in [-0.4, -0.2) is 45.6 Å². The van der Waals surface area contributed by atoms with Crippen molar-refractivity contribution in [1.82, 2.24) is 15.1 Å². The Morgan fingerprint density at radius 1 is 1.12 bits per heavy atom. The van der Waals surface area contributed by atoms with Crippen molar-refractivity contribution in [2.45, 2.75) is 89.3 Å². The van der Waals surface area contributed by atoms with Gasteiger partial charge < -0.3 is 15.2 Å². The summed E-state index contributed by atoms with van der Waals surface area (Å²) in [6.07, 6.45) is -11.7. The second-order valence-corrected chi connectivity index (χ2v) is 12.2. The van der Waals surface area contributed by atoms with Crippen LogP contribution in [0.25, 0.3) is 0 Å². The molecule has 43 heavy (non-hydrogen) atoms. The molecule has 2 aliphatic carbocycles. The Kier molecular flexibility index (Phi) is 9.41. The van der Waals surface area contributed by atoms with Gasteiger partial charge in [0.1, 0.15) is 0 Å². The third kappa shape index (κ3) is 6.63. The first-order valence-corrected chi connectivity index (χ1v) is 14.5. The minimum Gasteiger partial charge on any atom is -0.466 e. The van der Waals surface area contributed by atoms with Gasteiger partial charge in [-0.3, -0.25) is 14.3 Å². The number of nitrogens with one attached hydrogen (secondary N) is 1. The number of ether oxygens (including phenoxy) is 1. The molecule has 238 valence electrons. The highest BCUT2D eigenvalue weighted by atomic mass is 35.5. The SMILES string of the molecule is CCOC(=O)C1(C)CCC(n2ncc(C(=O)N[C@H](C[C@@H](O)c3c(Cl)cccc3Cl)C3(C(F)(F)F)CC3)c2C(F)(F)F)CC1. The molecule has 0 spiro atoms. The summed E-state index contributed by atoms with van der Waals surface area (Å²) in [4.78, 5) is 25.7. The van der Waals surface area contributed by atoms with E-state index in [0.29, 0.717) is 10.9 Å². The number of aliphatic hydroxyl groups excluding tert-OH is 1. The van der Waals surface area contributed by atoms with Crippen LogP contribution in [0.3, 0.4) is 0 Å². The zero-order chi connectivity index (χ0) is 32.0. The molecule has 1 amide bonds. The number of carbonyl (C=O) groups is 2. The van der Waals surface area contributed by atoms with E-state index in [4.69, 9.17) is 27.9 Å². The highest BCUT2D eigenvalue weighted by molar-refractivity contribution is 6.36. The maximum atomic E-state index is 14.4. The zero-order valence-corrected chi connectivity index (χ0v) is 24.8. The molecule has 0 bridgehead atoms. The van der Waals surface area contributed by atoms with E-state index >= 15 is 0 Å². The third-order valence-corrected chi connectivity index (χ3v) is 9.26. The molecule has 2 atom stereocenters. The summed E-state index contributed by atoms with van der Waals surface area (Å²) in [5.74, 6) is -1.86. The smallest absolute Gasteiger partial charge is 0.433 e. The third-order valence-electron chi connectivity index (χ3n) is 8.60. The summed E-state index contributed by atoms with van der Waals surface area (Å²) < 4.78 is 91.4. The number of hydrogen-bond acceptors (Lipinski definition) is 5. The molecular weight excluding hydrogens is 627 g/mol. The lowest BCUT2D eigenvalue weighted by atomic mass is 9.74. The van der Waals surface area contributed by atoms with Gasteiger partial charge in [-0.1, -0.05) is 29.3 Å². The van der Waals surface area contributed by atoms with Crippen LogP contribution in [0.2, 0.25) is 10.0 Å². The fraction of sp³-hybridized carbons (Fsp3) is 0.607. The van der Waals surface area contributed by atoms with E-state index in [1.54, 1.807) is 13.8 Å². The molecule has 1 heterocycles. The van der Waals surface area contributed by atoms with Gasteiger partial charge in [-0.05, 0) is 70.9 Å². The first-order valence-electron chi connectivity index (χ1n) is 13.8. The Labute approximate surface area is 253 Å². The van der Waals surface area contributed by atoms with Gasteiger partial charge in [0.05, 0.1) is 41.3 Å². The number of esters is 1. The largest absolute Gasteiger partial charge is 0.466 e. The first-order chi connectivity index (χ1) is 19.9. The number of carbonyl (C=O) groups excluding carboxylic acids is 2. The van der Waals surface area contributed by atoms with Gasteiger partial charge in [-0.15, -0.1) is 0 Å². The lowest BCUT2D eigenvalue weighted by molar-refractivity contribution is -0.196. The fourth-order valence-electron chi connectivity index (χ4n) is 5.87. The molecule has 0 unspecified atom stereocenters.